The molecule has 6 unspecified atom stereocenters. The first kappa shape index (κ1) is 27.0. The van der Waals surface area contributed by atoms with E-state index in [1.165, 1.54) is 7.11 Å². The van der Waals surface area contributed by atoms with E-state index in [1.807, 2.05) is 0 Å². The Morgan fingerprint density at radius 1 is 0.758 bits per heavy atom. The summed E-state index contributed by atoms with van der Waals surface area (Å²) in [5, 5.41) is 60.1. The van der Waals surface area contributed by atoms with Gasteiger partial charge >= 0.3 is 0 Å². The number of aliphatic hydroxyl groups is 6. The number of ether oxygens (including phenoxy) is 6. The van der Waals surface area contributed by atoms with Crippen LogP contribution in [0.5, 0.6) is 0 Å². The Labute approximate surface area is 190 Å². The van der Waals surface area contributed by atoms with E-state index in [9.17, 15) is 30.6 Å². The van der Waals surface area contributed by atoms with Crippen molar-refractivity contribution in [2.45, 2.75) is 92.6 Å². The monoisotopic (exact) mass is 484 g/mol. The van der Waals surface area contributed by atoms with Gasteiger partial charge in [-0.2, -0.15) is 0 Å². The fourth-order valence-corrected chi connectivity index (χ4v) is 4.30. The zero-order chi connectivity index (χ0) is 24.3. The first-order valence-corrected chi connectivity index (χ1v) is 10.9. The maximum atomic E-state index is 10.7. The molecule has 14 nitrogen and oxygen atoms in total. The topological polar surface area (TPSA) is 229 Å². The van der Waals surface area contributed by atoms with Gasteiger partial charge in [0.2, 0.25) is 0 Å². The van der Waals surface area contributed by atoms with E-state index in [-0.39, 0.29) is 19.4 Å². The molecular formula is C19H36N2O12. The molecule has 0 spiro atoms. The molecule has 0 amide bonds. The lowest BCUT2D eigenvalue weighted by atomic mass is 9.96. The van der Waals surface area contributed by atoms with E-state index < -0.39 is 93.0 Å². The Morgan fingerprint density at radius 3 is 2.03 bits per heavy atom. The van der Waals surface area contributed by atoms with Gasteiger partial charge in [0.1, 0.15) is 30.5 Å². The van der Waals surface area contributed by atoms with E-state index >= 15 is 0 Å². The molecule has 13 atom stereocenters. The van der Waals surface area contributed by atoms with Gasteiger partial charge in [0.25, 0.3) is 0 Å². The minimum absolute atomic E-state index is 0.126. The van der Waals surface area contributed by atoms with Crippen LogP contribution in [-0.4, -0.2) is 137 Å². The molecular weight excluding hydrogens is 448 g/mol. The van der Waals surface area contributed by atoms with Crippen molar-refractivity contribution >= 4 is 0 Å². The Kier molecular flexibility index (Phi) is 9.76. The van der Waals surface area contributed by atoms with Gasteiger partial charge in [0.05, 0.1) is 50.2 Å². The van der Waals surface area contributed by atoms with Crippen molar-refractivity contribution in [2.75, 3.05) is 26.9 Å². The van der Waals surface area contributed by atoms with Crippen molar-refractivity contribution in [1.82, 2.24) is 0 Å². The lowest BCUT2D eigenvalue weighted by molar-refractivity contribution is -0.340. The van der Waals surface area contributed by atoms with Crippen LogP contribution in [0.15, 0.2) is 0 Å². The highest BCUT2D eigenvalue weighted by Gasteiger charge is 2.48. The molecule has 3 aliphatic rings. The summed E-state index contributed by atoms with van der Waals surface area (Å²) in [6.45, 7) is -1.41. The lowest BCUT2D eigenvalue weighted by Gasteiger charge is -2.46. The van der Waals surface area contributed by atoms with Gasteiger partial charge in [-0.3, -0.25) is 0 Å². The highest BCUT2D eigenvalue weighted by atomic mass is 16.7. The predicted molar refractivity (Wildman–Crippen MR) is 107 cm³/mol. The van der Waals surface area contributed by atoms with Gasteiger partial charge in [-0.05, 0) is 0 Å². The smallest absolute Gasteiger partial charge is 0.176 e. The third-order valence-electron chi connectivity index (χ3n) is 6.21. The SMILES string of the molecule is CO[C@@H]1O[C@@H](CO)[C@@H](O[C@H]2CC(O)[C@H](O[C@@H]3O[C@@H](CO)CC(O)C3N)C(CO)O2)C(O)C1N. The molecule has 10 N–H and O–H groups in total. The quantitative estimate of drug-likeness (QED) is 0.161. The van der Waals surface area contributed by atoms with Crippen LogP contribution >= 0.6 is 0 Å². The lowest BCUT2D eigenvalue weighted by Crippen LogP contribution is -2.64. The van der Waals surface area contributed by atoms with Gasteiger partial charge in [0.15, 0.2) is 18.9 Å². The summed E-state index contributed by atoms with van der Waals surface area (Å²) in [5.41, 5.74) is 11.9. The standard InChI is InChI=1S/C19H36N2O12/c1-28-18-14(21)15(27)17(11(6-24)31-18)32-12-3-9(26)16(10(5-23)30-12)33-19-13(20)8(25)2-7(4-22)29-19/h7-19,22-27H,2-6,20-21H2,1H3/t7-,8?,9?,10?,11+,12+,13?,14?,15?,16+,17-,18-,19+/m1/s1. The van der Waals surface area contributed by atoms with Crippen LogP contribution in [0.25, 0.3) is 0 Å². The van der Waals surface area contributed by atoms with Crippen molar-refractivity contribution in [1.29, 1.82) is 0 Å². The van der Waals surface area contributed by atoms with Gasteiger partial charge in [-0.25, -0.2) is 0 Å². The molecule has 0 saturated carbocycles. The fourth-order valence-electron chi connectivity index (χ4n) is 4.30. The molecule has 3 saturated heterocycles. The normalized spacial score (nSPS) is 49.2. The second-order valence-corrected chi connectivity index (χ2v) is 8.51. The largest absolute Gasteiger partial charge is 0.394 e. The summed E-state index contributed by atoms with van der Waals surface area (Å²) in [6, 6.07) is -1.90. The second-order valence-electron chi connectivity index (χ2n) is 8.51. The molecule has 3 fully saturated rings. The maximum Gasteiger partial charge on any atom is 0.176 e. The highest BCUT2D eigenvalue weighted by Crippen LogP contribution is 2.31. The van der Waals surface area contributed by atoms with Crippen LogP contribution in [0.4, 0.5) is 0 Å². The summed E-state index contributed by atoms with van der Waals surface area (Å²) < 4.78 is 33.4. The summed E-state index contributed by atoms with van der Waals surface area (Å²) in [7, 11) is 1.35. The molecule has 33 heavy (non-hydrogen) atoms. The highest BCUT2D eigenvalue weighted by molar-refractivity contribution is 4.94. The third-order valence-corrected chi connectivity index (χ3v) is 6.21. The third kappa shape index (κ3) is 5.99. The summed E-state index contributed by atoms with van der Waals surface area (Å²) >= 11 is 0. The maximum absolute atomic E-state index is 10.7. The Morgan fingerprint density at radius 2 is 1.42 bits per heavy atom. The van der Waals surface area contributed by atoms with Crippen LogP contribution in [-0.2, 0) is 28.4 Å². The molecule has 0 aliphatic carbocycles. The molecule has 194 valence electrons. The average molecular weight is 484 g/mol. The number of methoxy groups -OCH3 is 1. The fraction of sp³-hybridized carbons (Fsp3) is 1.00. The Balaban J connectivity index is 1.65. The van der Waals surface area contributed by atoms with E-state index in [1.54, 1.807) is 0 Å². The number of rotatable bonds is 8. The zero-order valence-electron chi connectivity index (χ0n) is 18.3. The Hall–Kier alpha value is -0.560. The summed E-state index contributed by atoms with van der Waals surface area (Å²) in [5.74, 6) is 0. The predicted octanol–water partition coefficient (Wildman–Crippen LogP) is -4.93. The molecule has 0 aromatic rings. The minimum atomic E-state index is -1.27. The van der Waals surface area contributed by atoms with Crippen LogP contribution in [0.1, 0.15) is 12.8 Å². The van der Waals surface area contributed by atoms with E-state index in [2.05, 4.69) is 0 Å². The van der Waals surface area contributed by atoms with Crippen molar-refractivity contribution in [3.8, 4) is 0 Å². The second kappa shape index (κ2) is 11.9. The van der Waals surface area contributed by atoms with Gasteiger partial charge in [-0.1, -0.05) is 0 Å². The first-order valence-electron chi connectivity index (χ1n) is 10.9. The zero-order valence-corrected chi connectivity index (χ0v) is 18.3. The van der Waals surface area contributed by atoms with Gasteiger partial charge in [0, 0.05) is 20.0 Å². The van der Waals surface area contributed by atoms with E-state index in [0.29, 0.717) is 0 Å². The Bertz CT molecular complexity index is 603. The van der Waals surface area contributed by atoms with E-state index in [0.717, 1.165) is 0 Å². The minimum Gasteiger partial charge on any atom is -0.394 e. The average Bonchev–Trinajstić information content (AvgIpc) is 2.81. The molecule has 3 heterocycles. The number of aliphatic hydroxyl groups excluding tert-OH is 6. The van der Waals surface area contributed by atoms with Crippen molar-refractivity contribution in [3.05, 3.63) is 0 Å². The van der Waals surface area contributed by atoms with Crippen LogP contribution in [0, 0.1) is 0 Å². The van der Waals surface area contributed by atoms with Crippen molar-refractivity contribution < 1.29 is 59.1 Å². The number of nitrogens with two attached hydrogens (primary N) is 2. The molecule has 0 aromatic carbocycles. The van der Waals surface area contributed by atoms with Gasteiger partial charge in [-0.15, -0.1) is 0 Å². The summed E-state index contributed by atoms with van der Waals surface area (Å²) in [4.78, 5) is 0. The van der Waals surface area contributed by atoms with Crippen LogP contribution < -0.4 is 11.5 Å². The molecule has 0 aromatic heterocycles. The first-order chi connectivity index (χ1) is 15.7. The molecule has 3 rings (SSSR count). The summed E-state index contributed by atoms with van der Waals surface area (Å²) in [6.07, 6.45) is -11.6. The molecule has 0 radical (unpaired) electrons. The van der Waals surface area contributed by atoms with Crippen LogP contribution in [0.2, 0.25) is 0 Å². The molecule has 3 aliphatic heterocycles. The molecule has 0 bridgehead atoms. The number of hydrogen-bond acceptors (Lipinski definition) is 14. The van der Waals surface area contributed by atoms with Crippen molar-refractivity contribution in [2.24, 2.45) is 11.5 Å². The molecule has 14 heteroatoms. The van der Waals surface area contributed by atoms with E-state index in [4.69, 9.17) is 39.9 Å². The number of hydrogen-bond donors (Lipinski definition) is 8. The van der Waals surface area contributed by atoms with Gasteiger partial charge < -0.3 is 70.5 Å². The van der Waals surface area contributed by atoms with Crippen LogP contribution in [0.3, 0.4) is 0 Å². The van der Waals surface area contributed by atoms with Crippen molar-refractivity contribution in [3.63, 3.8) is 0 Å².